The topological polar surface area (TPSA) is 594 Å². The quantitative estimate of drug-likeness (QED) is 0.0164. The Kier molecular flexibility index (Phi) is 35.8. The van der Waals surface area contributed by atoms with Crippen LogP contribution in [0.4, 0.5) is 0 Å². The second-order valence-electron chi connectivity index (χ2n) is 26.5. The fourth-order valence-electron chi connectivity index (χ4n) is 12.0. The molecule has 2 aromatic rings. The van der Waals surface area contributed by atoms with Crippen molar-refractivity contribution >= 4 is 110 Å². The molecule has 106 heavy (non-hydrogen) atoms. The van der Waals surface area contributed by atoms with Crippen molar-refractivity contribution in [3.05, 3.63) is 47.8 Å². The molecule has 0 radical (unpaired) electrons. The number of carboxylic acid groups (broad SMARTS) is 2. The molecule has 2 bridgehead atoms. The lowest BCUT2D eigenvalue weighted by molar-refractivity contribution is -0.148. The number of guanidine groups is 1. The van der Waals surface area contributed by atoms with Gasteiger partial charge in [0, 0.05) is 37.6 Å². The minimum absolute atomic E-state index is 0.00884. The zero-order valence-electron chi connectivity index (χ0n) is 60.4. The first-order valence-corrected chi connectivity index (χ1v) is 37.9. The third-order valence-electron chi connectivity index (χ3n) is 18.5. The largest absolute Gasteiger partial charge is 0.481 e. The van der Waals surface area contributed by atoms with Crippen LogP contribution in [0.5, 0.6) is 0 Å². The molecule has 3 aliphatic heterocycles. The number of rotatable bonds is 28. The third kappa shape index (κ3) is 26.1. The number of nitrogens with two attached hydrogens (primary N) is 4. The molecule has 4 heterocycles. The van der Waals surface area contributed by atoms with E-state index >= 15 is 9.59 Å². The highest BCUT2D eigenvalue weighted by atomic mass is 33.1. The van der Waals surface area contributed by atoms with Crippen LogP contribution in [0.25, 0.3) is 0 Å². The minimum Gasteiger partial charge on any atom is -0.481 e. The summed E-state index contributed by atoms with van der Waals surface area (Å²) >= 11 is 0. The summed E-state index contributed by atoms with van der Waals surface area (Å²) in [5.41, 5.74) is 23.3. The number of carbonyl (C=O) groups excluding carboxylic acids is 12. The standard InChI is InChI=1S/C66H104N20O18S2/c1-7-34(3)51-61(99)78-45(58(96)74-41(27-38-17-10-9-11-18-38)63(101)85-26-16-22-48(85)60(98)75-42(65(103)104)28-50(90)91)32-105-106-33-46(77-55(93)39(72-49(89)29-68)20-14-24-71-66(69)70)59(97)81-53(37(6)88)62(100)73-40(19-12-13-23-67)56(94)76-44(31-87)57(95)80-52(35(4)8-2)64(102)84-25-15-21-47(84)43-30-86(83-82-43)36(5)54(92)79-51/h9-11,17-18,30,34-37,39-42,44-48,51-53,87-88H,7-8,12-16,19-29,31-33,67-68H2,1-6H3,(H,72,89)(H,73,100)(H,74,96)(H,75,98)(H,76,94)(H,77,93)(H,78,99)(H,79,92)(H,80,95)(H,81,97)(H,90,91)(H,103,104)(H4,69,70,71)/t34-,35-,36-,37+,39-,40-,41-,42-,44-,45-,46-,47-,48-,51-,52-,53-/m0/s1. The molecule has 5 rings (SSSR count). The van der Waals surface area contributed by atoms with Gasteiger partial charge in [-0.25, -0.2) is 9.48 Å². The number of aliphatic hydroxyl groups excluding tert-OH is 2. The second-order valence-corrected chi connectivity index (χ2v) is 29.0. The van der Waals surface area contributed by atoms with Crippen molar-refractivity contribution in [3.63, 3.8) is 0 Å². The number of carbonyl (C=O) groups is 14. The van der Waals surface area contributed by atoms with Gasteiger partial charge < -0.3 is 106 Å². The molecule has 2 fully saturated rings. The summed E-state index contributed by atoms with van der Waals surface area (Å²) in [5.74, 6) is -16.5. The number of hydrogen-bond acceptors (Lipinski definition) is 23. The molecule has 22 N–H and O–H groups in total. The molecule has 588 valence electrons. The summed E-state index contributed by atoms with van der Waals surface area (Å²) in [4.78, 5) is 204. The zero-order chi connectivity index (χ0) is 78.5. The van der Waals surface area contributed by atoms with E-state index in [1.54, 1.807) is 58.0 Å². The first kappa shape index (κ1) is 87.4. The van der Waals surface area contributed by atoms with E-state index in [2.05, 4.69) is 68.5 Å². The van der Waals surface area contributed by atoms with Crippen molar-refractivity contribution in [1.29, 1.82) is 0 Å². The fourth-order valence-corrected chi connectivity index (χ4v) is 14.3. The van der Waals surface area contributed by atoms with Crippen LogP contribution in [0.3, 0.4) is 0 Å². The molecule has 2 saturated heterocycles. The number of aliphatic carboxylic acids is 2. The van der Waals surface area contributed by atoms with E-state index in [1.807, 2.05) is 0 Å². The van der Waals surface area contributed by atoms with Gasteiger partial charge in [-0.1, -0.05) is 97.7 Å². The maximum Gasteiger partial charge on any atom is 0.326 e. The number of benzene rings is 1. The van der Waals surface area contributed by atoms with E-state index in [1.165, 1.54) is 22.7 Å². The Bertz CT molecular complexity index is 3410. The van der Waals surface area contributed by atoms with Gasteiger partial charge in [-0.05, 0) is 95.6 Å². The summed E-state index contributed by atoms with van der Waals surface area (Å²) in [5, 5.41) is 75.4. The summed E-state index contributed by atoms with van der Waals surface area (Å²) in [6.07, 6.45) is 0.675. The molecular formula is C66H104N20O18S2. The zero-order valence-corrected chi connectivity index (χ0v) is 62.0. The lowest BCUT2D eigenvalue weighted by Crippen LogP contribution is -2.62. The molecule has 0 saturated carbocycles. The van der Waals surface area contributed by atoms with Crippen molar-refractivity contribution in [1.82, 2.24) is 78.0 Å². The summed E-state index contributed by atoms with van der Waals surface area (Å²) < 4.78 is 1.24. The van der Waals surface area contributed by atoms with Crippen LogP contribution in [0.1, 0.15) is 142 Å². The molecule has 1 aromatic heterocycles. The van der Waals surface area contributed by atoms with Crippen molar-refractivity contribution in [2.45, 2.75) is 210 Å². The van der Waals surface area contributed by atoms with Gasteiger partial charge in [0.2, 0.25) is 70.9 Å². The number of fused-ring (bicyclic) bond motifs is 4. The maximum absolute atomic E-state index is 15.3. The molecule has 38 nitrogen and oxygen atoms in total. The normalized spacial score (nSPS) is 24.4. The molecule has 1 aromatic carbocycles. The van der Waals surface area contributed by atoms with Crippen molar-refractivity contribution in [2.24, 2.45) is 39.8 Å². The molecule has 3 aliphatic rings. The second kappa shape index (κ2) is 43.4. The van der Waals surface area contributed by atoms with E-state index in [0.717, 1.165) is 33.4 Å². The van der Waals surface area contributed by atoms with Crippen molar-refractivity contribution in [3.8, 4) is 0 Å². The van der Waals surface area contributed by atoms with Crippen molar-refractivity contribution < 1.29 is 87.5 Å². The summed E-state index contributed by atoms with van der Waals surface area (Å²) in [7, 11) is 1.67. The Hall–Kier alpha value is -9.25. The van der Waals surface area contributed by atoms with E-state index < -0.39 is 210 Å². The van der Waals surface area contributed by atoms with Crippen LogP contribution >= 0.6 is 21.6 Å². The average Bonchev–Trinajstić information content (AvgIpc) is 1.63. The highest BCUT2D eigenvalue weighted by Crippen LogP contribution is 2.33. The smallest absolute Gasteiger partial charge is 0.326 e. The molecule has 12 amide bonds. The SMILES string of the molecule is CC[C@H](C)[C@@H]1NC(=O)[C@H](C)n2cc(nn2)[C@@H]2CCCN2C(=O)[C@H]([C@@H](C)CC)NC(=O)[C@H](CO)NC(=O)[C@H](CCCCN)NC(=O)[C@H]([C@@H](C)O)NC(=O)[C@@H](NC(=O)[C@H](CCCN=C(N)N)NC(=O)CN)CSSC[C@@H](C(=O)N[C@@H](Cc2ccccc2)C(=O)N2CCC[C@H]2C(=O)N[C@@H](CC(=O)O)C(=O)O)NC1=O. The monoisotopic (exact) mass is 1530 g/mol. The van der Waals surface area contributed by atoms with Gasteiger partial charge in [0.15, 0.2) is 5.96 Å². The molecular weight excluding hydrogens is 1420 g/mol. The van der Waals surface area contributed by atoms with E-state index in [-0.39, 0.29) is 89.2 Å². The number of nitrogens with one attached hydrogen (secondary N) is 10. The lowest BCUT2D eigenvalue weighted by Gasteiger charge is -2.32. The number of unbranched alkanes of at least 4 members (excludes halogenated alkanes) is 1. The van der Waals surface area contributed by atoms with E-state index in [0.29, 0.717) is 31.2 Å². The number of aromatic nitrogens is 3. The molecule has 0 aliphatic carbocycles. The first-order valence-electron chi connectivity index (χ1n) is 35.4. The number of aliphatic hydroxyl groups is 2. The highest BCUT2D eigenvalue weighted by Gasteiger charge is 2.44. The predicted octanol–water partition coefficient (Wildman–Crippen LogP) is -4.85. The van der Waals surface area contributed by atoms with Crippen LogP contribution in [0.15, 0.2) is 41.5 Å². The Morgan fingerprint density at radius 2 is 1.33 bits per heavy atom. The Morgan fingerprint density at radius 3 is 1.96 bits per heavy atom. The number of carboxylic acids is 2. The Morgan fingerprint density at radius 1 is 0.708 bits per heavy atom. The summed E-state index contributed by atoms with van der Waals surface area (Å²) in [6, 6.07) is -10.9. The van der Waals surface area contributed by atoms with Gasteiger partial charge in [0.25, 0.3) is 0 Å². The predicted molar refractivity (Wildman–Crippen MR) is 387 cm³/mol. The van der Waals surface area contributed by atoms with E-state index in [9.17, 15) is 78.0 Å². The fraction of sp³-hybridized carbons (Fsp3) is 0.652. The first-order chi connectivity index (χ1) is 50.4. The van der Waals surface area contributed by atoms with Gasteiger partial charge in [-0.15, -0.1) is 5.10 Å². The van der Waals surface area contributed by atoms with Crippen LogP contribution in [-0.2, 0) is 73.5 Å². The lowest BCUT2D eigenvalue weighted by atomic mass is 9.96. The van der Waals surface area contributed by atoms with Crippen molar-refractivity contribution in [2.75, 3.05) is 50.8 Å². The molecule has 16 atom stereocenters. The van der Waals surface area contributed by atoms with Crippen LogP contribution in [-0.4, -0.2) is 257 Å². The average molecular weight is 1530 g/mol. The molecule has 0 unspecified atom stereocenters. The van der Waals surface area contributed by atoms with Gasteiger partial charge in [0.1, 0.15) is 78.2 Å². The number of aliphatic imine (C=N–C) groups is 1. The van der Waals surface area contributed by atoms with Gasteiger partial charge in [-0.2, -0.15) is 0 Å². The van der Waals surface area contributed by atoms with E-state index in [4.69, 9.17) is 22.9 Å². The van der Waals surface area contributed by atoms with Gasteiger partial charge >= 0.3 is 11.9 Å². The number of hydrogen-bond donors (Lipinski definition) is 18. The highest BCUT2D eigenvalue weighted by molar-refractivity contribution is 8.76. The minimum atomic E-state index is -1.92. The number of amides is 12. The third-order valence-corrected chi connectivity index (χ3v) is 21.0. The van der Waals surface area contributed by atoms with Gasteiger partial charge in [0.05, 0.1) is 37.9 Å². The van der Waals surface area contributed by atoms with Crippen LogP contribution in [0.2, 0.25) is 0 Å². The van der Waals surface area contributed by atoms with Gasteiger partial charge in [-0.3, -0.25) is 67.3 Å². The maximum atomic E-state index is 15.3. The Balaban J connectivity index is 1.65. The number of nitrogens with zero attached hydrogens (tertiary/aromatic N) is 6. The number of likely N-dealkylation sites (tertiary alicyclic amines) is 1. The van der Waals surface area contributed by atoms with Crippen LogP contribution in [0, 0.1) is 11.8 Å². The van der Waals surface area contributed by atoms with Crippen LogP contribution < -0.4 is 76.1 Å². The molecule has 0 spiro atoms. The Labute approximate surface area is 621 Å². The molecule has 40 heteroatoms. The summed E-state index contributed by atoms with van der Waals surface area (Å²) in [6.45, 7) is 8.27.